The Morgan fingerprint density at radius 2 is 1.90 bits per heavy atom. The molecule has 0 radical (unpaired) electrons. The second-order valence-electron chi connectivity index (χ2n) is 6.74. The van der Waals surface area contributed by atoms with Gasteiger partial charge in [-0.05, 0) is 41.6 Å². The maximum absolute atomic E-state index is 12.4. The molecule has 0 atom stereocenters. The summed E-state index contributed by atoms with van der Waals surface area (Å²) in [4.78, 5) is 12.4. The monoisotopic (exact) mass is 440 g/mol. The first-order chi connectivity index (χ1) is 15.0. The minimum atomic E-state index is -0.364. The molecule has 2 heterocycles. The SMILES string of the molecule is CCn1nc(-c2cccc(Cl)c2)cc1OCc1c(OC)cccc1-n1nnn(C)c1=O. The van der Waals surface area contributed by atoms with Crippen LogP contribution in [0.15, 0.2) is 53.3 Å². The summed E-state index contributed by atoms with van der Waals surface area (Å²) < 4.78 is 15.8. The normalized spacial score (nSPS) is 11.0. The van der Waals surface area contributed by atoms with Crippen molar-refractivity contribution in [2.75, 3.05) is 7.11 Å². The van der Waals surface area contributed by atoms with Crippen molar-refractivity contribution < 1.29 is 9.47 Å². The third kappa shape index (κ3) is 4.04. The van der Waals surface area contributed by atoms with Crippen molar-refractivity contribution in [3.63, 3.8) is 0 Å². The number of methoxy groups -OCH3 is 1. The molecule has 0 amide bonds. The molecule has 9 nitrogen and oxygen atoms in total. The van der Waals surface area contributed by atoms with E-state index in [1.165, 1.54) is 4.68 Å². The van der Waals surface area contributed by atoms with Crippen LogP contribution in [0.4, 0.5) is 0 Å². The van der Waals surface area contributed by atoms with Gasteiger partial charge in [0.15, 0.2) is 0 Å². The molecule has 0 unspecified atom stereocenters. The highest BCUT2D eigenvalue weighted by Crippen LogP contribution is 2.29. The van der Waals surface area contributed by atoms with Crippen LogP contribution in [0.1, 0.15) is 12.5 Å². The number of aromatic nitrogens is 6. The number of tetrazole rings is 1. The number of rotatable bonds is 7. The minimum Gasteiger partial charge on any atom is -0.496 e. The summed E-state index contributed by atoms with van der Waals surface area (Å²) in [7, 11) is 3.11. The van der Waals surface area contributed by atoms with E-state index in [2.05, 4.69) is 15.5 Å². The predicted molar refractivity (Wildman–Crippen MR) is 116 cm³/mol. The Bertz CT molecular complexity index is 1280. The van der Waals surface area contributed by atoms with Gasteiger partial charge in [-0.1, -0.05) is 29.8 Å². The van der Waals surface area contributed by atoms with Crippen LogP contribution in [0, 0.1) is 0 Å². The van der Waals surface area contributed by atoms with Gasteiger partial charge in [-0.15, -0.1) is 0 Å². The van der Waals surface area contributed by atoms with Crippen LogP contribution in [0.5, 0.6) is 11.6 Å². The number of nitrogens with zero attached hydrogens (tertiary/aromatic N) is 6. The molecule has 0 spiro atoms. The van der Waals surface area contributed by atoms with E-state index in [1.807, 2.05) is 37.3 Å². The average molecular weight is 441 g/mol. The third-order valence-electron chi connectivity index (χ3n) is 4.81. The van der Waals surface area contributed by atoms with Crippen LogP contribution in [-0.4, -0.2) is 36.7 Å². The second-order valence-corrected chi connectivity index (χ2v) is 7.17. The van der Waals surface area contributed by atoms with Crippen LogP contribution < -0.4 is 15.2 Å². The highest BCUT2D eigenvalue weighted by atomic mass is 35.5. The zero-order chi connectivity index (χ0) is 22.0. The van der Waals surface area contributed by atoms with Gasteiger partial charge in [-0.25, -0.2) is 9.48 Å². The predicted octanol–water partition coefficient (Wildman–Crippen LogP) is 3.09. The summed E-state index contributed by atoms with van der Waals surface area (Å²) in [6.07, 6.45) is 0. The Morgan fingerprint density at radius 3 is 2.58 bits per heavy atom. The van der Waals surface area contributed by atoms with Crippen molar-refractivity contribution in [1.82, 2.24) is 29.6 Å². The van der Waals surface area contributed by atoms with E-state index in [1.54, 1.807) is 37.0 Å². The van der Waals surface area contributed by atoms with Gasteiger partial charge in [-0.3, -0.25) is 0 Å². The topological polar surface area (TPSA) is 89.0 Å². The van der Waals surface area contributed by atoms with Crippen molar-refractivity contribution >= 4 is 11.6 Å². The van der Waals surface area contributed by atoms with Crippen molar-refractivity contribution in [3.8, 4) is 28.6 Å². The summed E-state index contributed by atoms with van der Waals surface area (Å²) in [6.45, 7) is 2.75. The van der Waals surface area contributed by atoms with Crippen molar-refractivity contribution in [2.45, 2.75) is 20.1 Å². The molecule has 4 rings (SSSR count). The van der Waals surface area contributed by atoms with Gasteiger partial charge in [0.05, 0.1) is 24.1 Å². The lowest BCUT2D eigenvalue weighted by Crippen LogP contribution is -2.23. The van der Waals surface area contributed by atoms with E-state index in [0.29, 0.717) is 34.4 Å². The Hall–Kier alpha value is -3.59. The van der Waals surface area contributed by atoms with E-state index in [-0.39, 0.29) is 12.3 Å². The first-order valence-electron chi connectivity index (χ1n) is 9.63. The van der Waals surface area contributed by atoms with E-state index in [9.17, 15) is 4.79 Å². The molecular formula is C21H21ClN6O3. The molecule has 31 heavy (non-hydrogen) atoms. The first-order valence-corrected chi connectivity index (χ1v) is 10.0. The Kier molecular flexibility index (Phi) is 5.77. The van der Waals surface area contributed by atoms with Crippen LogP contribution in [0.2, 0.25) is 5.02 Å². The fourth-order valence-corrected chi connectivity index (χ4v) is 3.42. The molecule has 0 aliphatic carbocycles. The second kappa shape index (κ2) is 8.65. The smallest absolute Gasteiger partial charge is 0.368 e. The average Bonchev–Trinajstić information content (AvgIpc) is 3.35. The molecule has 10 heteroatoms. The zero-order valence-corrected chi connectivity index (χ0v) is 18.1. The third-order valence-corrected chi connectivity index (χ3v) is 5.04. The Morgan fingerprint density at radius 1 is 1.10 bits per heavy atom. The molecule has 0 fully saturated rings. The Balaban J connectivity index is 1.68. The molecular weight excluding hydrogens is 420 g/mol. The standard InChI is InChI=1S/C21H21ClN6O3/c1-4-27-20(12-17(23-27)14-7-5-8-15(22)11-14)31-13-16-18(9-6-10-19(16)30-3)28-21(29)26(2)24-25-28/h5-12H,4,13H2,1-3H3. The summed E-state index contributed by atoms with van der Waals surface area (Å²) in [6, 6.07) is 14.7. The summed E-state index contributed by atoms with van der Waals surface area (Å²) >= 11 is 6.12. The van der Waals surface area contributed by atoms with Crippen LogP contribution in [0.3, 0.4) is 0 Å². The van der Waals surface area contributed by atoms with Gasteiger partial charge in [0.1, 0.15) is 12.4 Å². The number of ether oxygens (including phenoxy) is 2. The molecule has 0 N–H and O–H groups in total. The van der Waals surface area contributed by atoms with Crippen molar-refractivity contribution in [3.05, 3.63) is 69.6 Å². The highest BCUT2D eigenvalue weighted by molar-refractivity contribution is 6.30. The molecule has 160 valence electrons. The number of hydrogen-bond donors (Lipinski definition) is 0. The van der Waals surface area contributed by atoms with Gasteiger partial charge in [0.25, 0.3) is 0 Å². The maximum atomic E-state index is 12.4. The van der Waals surface area contributed by atoms with Crippen molar-refractivity contribution in [2.24, 2.45) is 7.05 Å². The summed E-state index contributed by atoms with van der Waals surface area (Å²) in [5.41, 5.74) is 2.49. The fourth-order valence-electron chi connectivity index (χ4n) is 3.23. The van der Waals surface area contributed by atoms with Gasteiger partial charge >= 0.3 is 5.69 Å². The van der Waals surface area contributed by atoms with Gasteiger partial charge in [0.2, 0.25) is 5.88 Å². The summed E-state index contributed by atoms with van der Waals surface area (Å²) in [5.74, 6) is 1.16. The van der Waals surface area contributed by atoms with E-state index >= 15 is 0 Å². The molecule has 2 aromatic heterocycles. The molecule has 4 aromatic rings. The van der Waals surface area contributed by atoms with Gasteiger partial charge in [-0.2, -0.15) is 14.5 Å². The number of halogens is 1. The van der Waals surface area contributed by atoms with E-state index < -0.39 is 0 Å². The maximum Gasteiger partial charge on any atom is 0.368 e. The lowest BCUT2D eigenvalue weighted by molar-refractivity contribution is 0.267. The highest BCUT2D eigenvalue weighted by Gasteiger charge is 2.17. The fraction of sp³-hybridized carbons (Fsp3) is 0.238. The van der Waals surface area contributed by atoms with Gasteiger partial charge < -0.3 is 9.47 Å². The van der Waals surface area contributed by atoms with Gasteiger partial charge in [0, 0.05) is 30.2 Å². The number of hydrogen-bond acceptors (Lipinski definition) is 6. The first kappa shape index (κ1) is 20.7. The molecule has 0 aliphatic heterocycles. The minimum absolute atomic E-state index is 0.142. The number of aryl methyl sites for hydroxylation is 2. The zero-order valence-electron chi connectivity index (χ0n) is 17.3. The summed E-state index contributed by atoms with van der Waals surface area (Å²) in [5, 5.41) is 13.0. The van der Waals surface area contributed by atoms with Crippen LogP contribution >= 0.6 is 11.6 Å². The van der Waals surface area contributed by atoms with Crippen LogP contribution in [0.25, 0.3) is 16.9 Å². The Labute approximate surface area is 183 Å². The van der Waals surface area contributed by atoms with E-state index in [4.69, 9.17) is 21.1 Å². The molecule has 2 aromatic carbocycles. The number of benzene rings is 2. The molecule has 0 aliphatic rings. The quantitative estimate of drug-likeness (QED) is 0.438. The van der Waals surface area contributed by atoms with Crippen molar-refractivity contribution in [1.29, 1.82) is 0 Å². The molecule has 0 bridgehead atoms. The largest absolute Gasteiger partial charge is 0.496 e. The van der Waals surface area contributed by atoms with Crippen LogP contribution in [-0.2, 0) is 20.2 Å². The lowest BCUT2D eigenvalue weighted by atomic mass is 10.1. The lowest BCUT2D eigenvalue weighted by Gasteiger charge is -2.14. The van der Waals surface area contributed by atoms with E-state index in [0.717, 1.165) is 15.9 Å². The molecule has 0 saturated heterocycles. The molecule has 0 saturated carbocycles.